The van der Waals surface area contributed by atoms with Crippen LogP contribution >= 0.6 is 0 Å². The summed E-state index contributed by atoms with van der Waals surface area (Å²) in [6, 6.07) is 83.2. The molecule has 0 atom stereocenters. The molecule has 0 fully saturated rings. The van der Waals surface area contributed by atoms with Gasteiger partial charge in [-0.25, -0.2) is 9.97 Å². The first kappa shape index (κ1) is 38.2. The minimum Gasteiger partial charge on any atom is -0.228 e. The van der Waals surface area contributed by atoms with Crippen molar-refractivity contribution in [3.8, 4) is 101 Å². The molecule has 1 aliphatic heterocycles. The second kappa shape index (κ2) is 16.0. The molecular weight excluding hydrogens is 777 g/mol. The molecule has 0 radical (unpaired) electrons. The van der Waals surface area contributed by atoms with Crippen LogP contribution < -0.4 is 10.4 Å². The molecule has 0 N–H and O–H groups in total. The quantitative estimate of drug-likeness (QED) is 0.143. The standard InChI is InChI=1S/C60H44N2Si/c1-63(2)56-33-13-12-32-55(56)58-59(63)57(50-30-16-25-45(36-50)42-20-8-4-9-21-42)61-60(62-58)51-31-17-27-47(37-51)46-26-15-29-49(35-46)54-39-52(43-22-10-5-11-23-43)38-53(40-54)48-28-14-24-44(34-48)41-18-6-3-7-19-41/h3-40H,1-2H3. The van der Waals surface area contributed by atoms with Gasteiger partial charge in [-0.15, -0.1) is 0 Å². The van der Waals surface area contributed by atoms with Crippen molar-refractivity contribution in [1.29, 1.82) is 0 Å². The van der Waals surface area contributed by atoms with Crippen LogP contribution in [0.5, 0.6) is 0 Å². The lowest BCUT2D eigenvalue weighted by Crippen LogP contribution is -2.50. The number of aromatic nitrogens is 2. The van der Waals surface area contributed by atoms with Crippen LogP contribution in [0.2, 0.25) is 13.1 Å². The first-order valence-corrected chi connectivity index (χ1v) is 24.7. The van der Waals surface area contributed by atoms with Gasteiger partial charge in [0.05, 0.1) is 11.4 Å². The molecule has 0 aliphatic carbocycles. The number of hydrogen-bond donors (Lipinski definition) is 0. The Hall–Kier alpha value is -7.72. The van der Waals surface area contributed by atoms with Crippen molar-refractivity contribution < 1.29 is 0 Å². The summed E-state index contributed by atoms with van der Waals surface area (Å²) in [4.78, 5) is 11.0. The summed E-state index contributed by atoms with van der Waals surface area (Å²) in [6.07, 6.45) is 0. The largest absolute Gasteiger partial charge is 0.228 e. The number of nitrogens with zero attached hydrogens (tertiary/aromatic N) is 2. The molecule has 0 unspecified atom stereocenters. The molecule has 0 amide bonds. The van der Waals surface area contributed by atoms with E-state index in [9.17, 15) is 0 Å². The minimum atomic E-state index is -2.13. The van der Waals surface area contributed by atoms with E-state index in [1.807, 2.05) is 0 Å². The molecule has 0 saturated carbocycles. The first-order chi connectivity index (χ1) is 31.0. The van der Waals surface area contributed by atoms with Gasteiger partial charge in [-0.2, -0.15) is 0 Å². The van der Waals surface area contributed by atoms with Gasteiger partial charge in [0, 0.05) is 11.1 Å². The highest BCUT2D eigenvalue weighted by Gasteiger charge is 2.41. The second-order valence-corrected chi connectivity index (χ2v) is 21.3. The molecule has 10 aromatic rings. The van der Waals surface area contributed by atoms with Crippen molar-refractivity contribution in [2.45, 2.75) is 13.1 Å². The Morgan fingerprint density at radius 3 is 1.11 bits per heavy atom. The summed E-state index contributed by atoms with van der Waals surface area (Å²) in [5.74, 6) is 0.742. The van der Waals surface area contributed by atoms with Crippen molar-refractivity contribution in [3.63, 3.8) is 0 Å². The maximum Gasteiger partial charge on any atom is 0.160 e. The highest BCUT2D eigenvalue weighted by atomic mass is 28.3. The Balaban J connectivity index is 1.01. The van der Waals surface area contributed by atoms with E-state index in [1.54, 1.807) is 0 Å². The molecule has 1 aliphatic rings. The van der Waals surface area contributed by atoms with Crippen molar-refractivity contribution in [1.82, 2.24) is 9.97 Å². The Morgan fingerprint density at radius 1 is 0.270 bits per heavy atom. The molecule has 0 spiro atoms. The van der Waals surface area contributed by atoms with E-state index in [0.717, 1.165) is 45.0 Å². The number of fused-ring (bicyclic) bond motifs is 3. The van der Waals surface area contributed by atoms with Crippen LogP contribution in [0, 0.1) is 0 Å². The van der Waals surface area contributed by atoms with Crippen LogP contribution in [0.25, 0.3) is 101 Å². The predicted octanol–water partition coefficient (Wildman–Crippen LogP) is 14.6. The number of benzene rings is 9. The van der Waals surface area contributed by atoms with Crippen LogP contribution in [0.1, 0.15) is 0 Å². The molecule has 2 nitrogen and oxygen atoms in total. The fourth-order valence-corrected chi connectivity index (χ4v) is 12.6. The van der Waals surface area contributed by atoms with Gasteiger partial charge in [0.15, 0.2) is 5.82 Å². The third-order valence-corrected chi connectivity index (χ3v) is 16.1. The molecule has 1 aromatic heterocycles. The number of hydrogen-bond acceptors (Lipinski definition) is 2. The smallest absolute Gasteiger partial charge is 0.160 e. The summed E-state index contributed by atoms with van der Waals surface area (Å²) in [5.41, 5.74) is 19.6. The fourth-order valence-electron chi connectivity index (χ4n) is 9.41. The lowest BCUT2D eigenvalue weighted by Gasteiger charge is -2.22. The first-order valence-electron chi connectivity index (χ1n) is 21.7. The lowest BCUT2D eigenvalue weighted by molar-refractivity contribution is 1.20. The molecule has 0 bridgehead atoms. The Kier molecular flexibility index (Phi) is 9.68. The van der Waals surface area contributed by atoms with Gasteiger partial charge in [0.2, 0.25) is 0 Å². The van der Waals surface area contributed by atoms with Crippen LogP contribution in [0.4, 0.5) is 0 Å². The Morgan fingerprint density at radius 2 is 0.587 bits per heavy atom. The zero-order valence-electron chi connectivity index (χ0n) is 35.3. The van der Waals surface area contributed by atoms with E-state index in [2.05, 4.69) is 244 Å². The van der Waals surface area contributed by atoms with Crippen molar-refractivity contribution in [2.24, 2.45) is 0 Å². The maximum absolute atomic E-state index is 5.52. The highest BCUT2D eigenvalue weighted by Crippen LogP contribution is 2.38. The monoisotopic (exact) mass is 820 g/mol. The molecule has 3 heteroatoms. The van der Waals surface area contributed by atoms with Crippen molar-refractivity contribution in [2.75, 3.05) is 0 Å². The van der Waals surface area contributed by atoms with Gasteiger partial charge in [-0.05, 0) is 125 Å². The molecular formula is C60H44N2Si. The van der Waals surface area contributed by atoms with Crippen LogP contribution in [0.15, 0.2) is 231 Å². The topological polar surface area (TPSA) is 25.8 Å². The third kappa shape index (κ3) is 7.23. The average Bonchev–Trinajstić information content (AvgIpc) is 3.60. The molecule has 63 heavy (non-hydrogen) atoms. The van der Waals surface area contributed by atoms with Crippen molar-refractivity contribution >= 4 is 18.4 Å². The van der Waals surface area contributed by atoms with Crippen molar-refractivity contribution in [3.05, 3.63) is 231 Å². The van der Waals surface area contributed by atoms with Gasteiger partial charge in [0.25, 0.3) is 0 Å². The van der Waals surface area contributed by atoms with E-state index >= 15 is 0 Å². The minimum absolute atomic E-state index is 0.742. The zero-order chi connectivity index (χ0) is 42.3. The van der Waals surface area contributed by atoms with Gasteiger partial charge in [0.1, 0.15) is 8.07 Å². The lowest BCUT2D eigenvalue weighted by atomic mass is 9.91. The summed E-state index contributed by atoms with van der Waals surface area (Å²) in [6.45, 7) is 4.89. The summed E-state index contributed by atoms with van der Waals surface area (Å²) < 4.78 is 0. The van der Waals surface area contributed by atoms with Gasteiger partial charge in [-0.3, -0.25) is 0 Å². The fraction of sp³-hybridized carbons (Fsp3) is 0.0333. The molecule has 298 valence electrons. The van der Waals surface area contributed by atoms with E-state index in [-0.39, 0.29) is 0 Å². The van der Waals surface area contributed by atoms with Gasteiger partial charge >= 0.3 is 0 Å². The van der Waals surface area contributed by atoms with Gasteiger partial charge < -0.3 is 0 Å². The second-order valence-electron chi connectivity index (χ2n) is 17.0. The highest BCUT2D eigenvalue weighted by molar-refractivity contribution is 7.04. The average molecular weight is 821 g/mol. The van der Waals surface area contributed by atoms with E-state index in [0.29, 0.717) is 0 Å². The summed E-state index contributed by atoms with van der Waals surface area (Å²) in [5, 5.41) is 2.73. The van der Waals surface area contributed by atoms with Gasteiger partial charge in [-0.1, -0.05) is 201 Å². The molecule has 9 aromatic carbocycles. The molecule has 0 saturated heterocycles. The Bertz CT molecular complexity index is 3300. The SMILES string of the molecule is C[Si]1(C)c2ccccc2-c2nc(-c3cccc(-c4cccc(-c5cc(-c6ccccc6)cc(-c6cccc(-c7ccccc7)c6)c5)c4)c3)nc(-c3cccc(-c4ccccc4)c3)c21. The van der Waals surface area contributed by atoms with E-state index in [1.165, 1.54) is 66.0 Å². The summed E-state index contributed by atoms with van der Waals surface area (Å²) in [7, 11) is -2.13. The van der Waals surface area contributed by atoms with E-state index < -0.39 is 8.07 Å². The molecule has 2 heterocycles. The predicted molar refractivity (Wildman–Crippen MR) is 268 cm³/mol. The Labute approximate surface area is 370 Å². The van der Waals surface area contributed by atoms with Crippen LogP contribution in [-0.4, -0.2) is 18.0 Å². The number of rotatable bonds is 8. The maximum atomic E-state index is 5.52. The summed E-state index contributed by atoms with van der Waals surface area (Å²) >= 11 is 0. The van der Waals surface area contributed by atoms with Crippen LogP contribution in [-0.2, 0) is 0 Å². The third-order valence-electron chi connectivity index (χ3n) is 12.6. The normalized spacial score (nSPS) is 12.4. The zero-order valence-corrected chi connectivity index (χ0v) is 36.3. The van der Waals surface area contributed by atoms with E-state index in [4.69, 9.17) is 9.97 Å². The van der Waals surface area contributed by atoms with Crippen LogP contribution in [0.3, 0.4) is 0 Å². The molecule has 11 rings (SSSR count).